The summed E-state index contributed by atoms with van der Waals surface area (Å²) >= 11 is 1.70. The van der Waals surface area contributed by atoms with Crippen LogP contribution in [0.15, 0.2) is 53.4 Å². The van der Waals surface area contributed by atoms with Crippen LogP contribution < -0.4 is 5.32 Å². The zero-order chi connectivity index (χ0) is 16.9. The number of aliphatic hydroxyl groups excluding tert-OH is 1. The van der Waals surface area contributed by atoms with Crippen LogP contribution in [0.25, 0.3) is 0 Å². The van der Waals surface area contributed by atoms with Crippen molar-refractivity contribution in [2.45, 2.75) is 23.9 Å². The average Bonchev–Trinajstić information content (AvgIpc) is 2.65. The van der Waals surface area contributed by atoms with Crippen molar-refractivity contribution in [3.8, 4) is 0 Å². The van der Waals surface area contributed by atoms with Crippen molar-refractivity contribution in [1.82, 2.24) is 10.2 Å². The Balaban J connectivity index is 1.66. The highest BCUT2D eigenvalue weighted by Gasteiger charge is 2.29. The fourth-order valence-electron chi connectivity index (χ4n) is 3.11. The molecule has 0 bridgehead atoms. The van der Waals surface area contributed by atoms with E-state index in [1.165, 1.54) is 10.5 Å². The van der Waals surface area contributed by atoms with E-state index in [0.29, 0.717) is 13.1 Å². The van der Waals surface area contributed by atoms with E-state index >= 15 is 0 Å². The first-order valence-electron chi connectivity index (χ1n) is 8.09. The molecule has 24 heavy (non-hydrogen) atoms. The molecule has 0 radical (unpaired) electrons. The number of nitrogens with zero attached hydrogens (tertiary/aromatic N) is 1. The molecule has 3 rings (SSSR count). The molecule has 0 aliphatic carbocycles. The van der Waals surface area contributed by atoms with E-state index < -0.39 is 0 Å². The first-order chi connectivity index (χ1) is 11.7. The van der Waals surface area contributed by atoms with Gasteiger partial charge >= 0.3 is 6.03 Å². The number of urea groups is 1. The van der Waals surface area contributed by atoms with Crippen molar-refractivity contribution in [1.29, 1.82) is 0 Å². The average molecular weight is 342 g/mol. The molecule has 1 aliphatic rings. The first kappa shape index (κ1) is 16.9. The molecule has 0 saturated carbocycles. The fraction of sp³-hybridized carbons (Fsp3) is 0.316. The highest BCUT2D eigenvalue weighted by Crippen LogP contribution is 2.29. The van der Waals surface area contributed by atoms with Gasteiger partial charge in [0, 0.05) is 18.0 Å². The molecular formula is C19H22N2O2S. The molecule has 0 aromatic heterocycles. The van der Waals surface area contributed by atoms with Gasteiger partial charge in [0.2, 0.25) is 0 Å². The normalized spacial score (nSPS) is 16.6. The summed E-state index contributed by atoms with van der Waals surface area (Å²) in [5, 5.41) is 12.7. The Hall–Kier alpha value is -1.98. The Morgan fingerprint density at radius 3 is 2.71 bits per heavy atom. The second-order valence-corrected chi connectivity index (χ2v) is 6.73. The third-order valence-electron chi connectivity index (χ3n) is 4.45. The number of carbonyl (C=O) groups is 1. The van der Waals surface area contributed by atoms with Crippen LogP contribution in [0, 0.1) is 0 Å². The van der Waals surface area contributed by atoms with E-state index in [1.54, 1.807) is 16.7 Å². The van der Waals surface area contributed by atoms with Gasteiger partial charge in [0.1, 0.15) is 0 Å². The summed E-state index contributed by atoms with van der Waals surface area (Å²) in [4.78, 5) is 15.5. The number of amides is 2. The predicted octanol–water partition coefficient (Wildman–Crippen LogP) is 3.21. The quantitative estimate of drug-likeness (QED) is 0.839. The van der Waals surface area contributed by atoms with Crippen molar-refractivity contribution in [2.75, 3.05) is 19.4 Å². The van der Waals surface area contributed by atoms with E-state index in [1.807, 2.05) is 36.6 Å². The molecule has 1 aliphatic heterocycles. The van der Waals surface area contributed by atoms with Crippen LogP contribution in [0.2, 0.25) is 0 Å². The van der Waals surface area contributed by atoms with Gasteiger partial charge in [0.05, 0.1) is 12.6 Å². The SMILES string of the molecule is CSc1ccc(CNC(=O)N2CCc3ccccc3C2CO)cc1. The van der Waals surface area contributed by atoms with Crippen molar-refractivity contribution < 1.29 is 9.90 Å². The van der Waals surface area contributed by atoms with Crippen LogP contribution in [0.5, 0.6) is 0 Å². The molecule has 0 saturated heterocycles. The van der Waals surface area contributed by atoms with Crippen LogP contribution in [0.3, 0.4) is 0 Å². The number of thioether (sulfide) groups is 1. The molecule has 1 unspecified atom stereocenters. The van der Waals surface area contributed by atoms with Crippen molar-refractivity contribution in [3.63, 3.8) is 0 Å². The Bertz CT molecular complexity index is 703. The second kappa shape index (κ2) is 7.73. The summed E-state index contributed by atoms with van der Waals surface area (Å²) < 4.78 is 0. The molecule has 2 amide bonds. The molecule has 1 heterocycles. The number of hydrogen-bond donors (Lipinski definition) is 2. The van der Waals surface area contributed by atoms with Crippen LogP contribution in [0.4, 0.5) is 4.79 Å². The third kappa shape index (κ3) is 3.57. The van der Waals surface area contributed by atoms with Crippen molar-refractivity contribution >= 4 is 17.8 Å². The first-order valence-corrected chi connectivity index (χ1v) is 9.31. The maximum atomic E-state index is 12.6. The lowest BCUT2D eigenvalue weighted by Gasteiger charge is -2.36. The molecule has 2 aromatic carbocycles. The van der Waals surface area contributed by atoms with E-state index in [0.717, 1.165) is 17.5 Å². The minimum absolute atomic E-state index is 0.0626. The van der Waals surface area contributed by atoms with Crippen LogP contribution in [0.1, 0.15) is 22.7 Å². The maximum absolute atomic E-state index is 12.6. The van der Waals surface area contributed by atoms with Crippen molar-refractivity contribution in [3.05, 3.63) is 65.2 Å². The summed E-state index contributed by atoms with van der Waals surface area (Å²) in [6.45, 7) is 1.05. The van der Waals surface area contributed by atoms with Gasteiger partial charge in [-0.05, 0) is 41.5 Å². The lowest BCUT2D eigenvalue weighted by atomic mass is 9.93. The molecular weight excluding hydrogens is 320 g/mol. The van der Waals surface area contributed by atoms with E-state index in [9.17, 15) is 9.90 Å². The number of carbonyl (C=O) groups excluding carboxylic acids is 1. The van der Waals surface area contributed by atoms with E-state index in [4.69, 9.17) is 0 Å². The van der Waals surface area contributed by atoms with Crippen LogP contribution in [-0.2, 0) is 13.0 Å². The highest BCUT2D eigenvalue weighted by atomic mass is 32.2. The highest BCUT2D eigenvalue weighted by molar-refractivity contribution is 7.98. The summed E-state index contributed by atoms with van der Waals surface area (Å²) in [7, 11) is 0. The molecule has 4 nitrogen and oxygen atoms in total. The number of nitrogens with one attached hydrogen (secondary N) is 1. The van der Waals surface area contributed by atoms with Gasteiger partial charge in [-0.25, -0.2) is 4.79 Å². The maximum Gasteiger partial charge on any atom is 0.318 e. The molecule has 126 valence electrons. The van der Waals surface area contributed by atoms with Crippen LogP contribution in [-0.4, -0.2) is 35.4 Å². The van der Waals surface area contributed by atoms with Gasteiger partial charge in [-0.2, -0.15) is 0 Å². The standard InChI is InChI=1S/C19H22N2O2S/c1-24-16-8-6-14(7-9-16)12-20-19(23)21-11-10-15-4-2-3-5-17(15)18(21)13-22/h2-9,18,22H,10-13H2,1H3,(H,20,23). The Kier molecular flexibility index (Phi) is 5.43. The molecule has 0 fully saturated rings. The zero-order valence-corrected chi connectivity index (χ0v) is 14.6. The predicted molar refractivity (Wildman–Crippen MR) is 97.1 cm³/mol. The number of hydrogen-bond acceptors (Lipinski definition) is 3. The van der Waals surface area contributed by atoms with Gasteiger partial charge < -0.3 is 15.3 Å². The van der Waals surface area contributed by atoms with Gasteiger partial charge in [0.15, 0.2) is 0 Å². The fourth-order valence-corrected chi connectivity index (χ4v) is 3.52. The lowest BCUT2D eigenvalue weighted by molar-refractivity contribution is 0.126. The Morgan fingerprint density at radius 1 is 1.25 bits per heavy atom. The lowest BCUT2D eigenvalue weighted by Crippen LogP contribution is -2.46. The number of aliphatic hydroxyl groups is 1. The monoisotopic (exact) mass is 342 g/mol. The smallest absolute Gasteiger partial charge is 0.318 e. The van der Waals surface area contributed by atoms with E-state index in [-0.39, 0.29) is 18.7 Å². The largest absolute Gasteiger partial charge is 0.394 e. The van der Waals surface area contributed by atoms with E-state index in [2.05, 4.69) is 23.5 Å². The summed E-state index contributed by atoms with van der Waals surface area (Å²) in [5.41, 5.74) is 3.33. The van der Waals surface area contributed by atoms with Gasteiger partial charge in [-0.1, -0.05) is 36.4 Å². The molecule has 2 aromatic rings. The minimum Gasteiger partial charge on any atom is -0.394 e. The zero-order valence-electron chi connectivity index (χ0n) is 13.7. The Morgan fingerprint density at radius 2 is 2.00 bits per heavy atom. The molecule has 5 heteroatoms. The Labute approximate surface area is 146 Å². The van der Waals surface area contributed by atoms with Crippen LogP contribution >= 0.6 is 11.8 Å². The number of benzene rings is 2. The second-order valence-electron chi connectivity index (χ2n) is 5.85. The van der Waals surface area contributed by atoms with Gasteiger partial charge in [-0.3, -0.25) is 0 Å². The van der Waals surface area contributed by atoms with Crippen molar-refractivity contribution in [2.24, 2.45) is 0 Å². The summed E-state index contributed by atoms with van der Waals surface area (Å²) in [6.07, 6.45) is 2.86. The molecule has 2 N–H and O–H groups in total. The van der Waals surface area contributed by atoms with Gasteiger partial charge in [0.25, 0.3) is 0 Å². The summed E-state index contributed by atoms with van der Waals surface area (Å²) in [6, 6.07) is 15.8. The number of rotatable bonds is 4. The van der Waals surface area contributed by atoms with Gasteiger partial charge in [-0.15, -0.1) is 11.8 Å². The summed E-state index contributed by atoms with van der Waals surface area (Å²) in [5.74, 6) is 0. The molecule has 0 spiro atoms. The minimum atomic E-state index is -0.270. The topological polar surface area (TPSA) is 52.6 Å². The number of fused-ring (bicyclic) bond motifs is 1. The molecule has 1 atom stereocenters. The third-order valence-corrected chi connectivity index (χ3v) is 5.19.